The Morgan fingerprint density at radius 2 is 2.16 bits per heavy atom. The summed E-state index contributed by atoms with van der Waals surface area (Å²) < 4.78 is 5.37. The smallest absolute Gasteiger partial charge is 0.277 e. The summed E-state index contributed by atoms with van der Waals surface area (Å²) >= 11 is 8.90. The van der Waals surface area contributed by atoms with Crippen molar-refractivity contribution in [3.05, 3.63) is 61.6 Å². The fourth-order valence-corrected chi connectivity index (χ4v) is 2.37. The number of nitro benzene ring substituents is 1. The number of benzene rings is 2. The predicted octanol–water partition coefficient (Wildman–Crippen LogP) is 3.25. The van der Waals surface area contributed by atoms with E-state index in [9.17, 15) is 20.0 Å². The summed E-state index contributed by atoms with van der Waals surface area (Å²) in [4.78, 5) is 21.9. The molecule has 8 nitrogen and oxygen atoms in total. The Morgan fingerprint density at radius 1 is 1.44 bits per heavy atom. The first-order valence-electron chi connectivity index (χ1n) is 6.74. The van der Waals surface area contributed by atoms with Gasteiger partial charge in [-0.3, -0.25) is 14.9 Å². The van der Waals surface area contributed by atoms with Crippen LogP contribution in [-0.4, -0.2) is 28.8 Å². The van der Waals surface area contributed by atoms with Crippen molar-refractivity contribution in [1.82, 2.24) is 5.43 Å². The highest BCUT2D eigenvalue weighted by atomic mass is 79.9. The van der Waals surface area contributed by atoms with Gasteiger partial charge in [0.1, 0.15) is 11.5 Å². The van der Waals surface area contributed by atoms with Crippen LogP contribution in [0.25, 0.3) is 0 Å². The Bertz CT molecular complexity index is 844. The minimum atomic E-state index is -0.614. The van der Waals surface area contributed by atoms with Crippen molar-refractivity contribution in [2.24, 2.45) is 5.10 Å². The highest BCUT2D eigenvalue weighted by Gasteiger charge is 2.13. The van der Waals surface area contributed by atoms with Crippen LogP contribution in [0.2, 0.25) is 5.02 Å². The number of hydrazone groups is 1. The molecule has 10 heteroatoms. The van der Waals surface area contributed by atoms with E-state index >= 15 is 0 Å². The SMILES string of the molecule is O=C(COc1ccccc1Cl)N/N=C\c1cc([N+](=O)[O-])cc(Br)c1O. The number of nitro groups is 1. The van der Waals surface area contributed by atoms with Crippen molar-refractivity contribution in [3.63, 3.8) is 0 Å². The van der Waals surface area contributed by atoms with Gasteiger partial charge in [0.15, 0.2) is 6.61 Å². The number of hydrogen-bond acceptors (Lipinski definition) is 6. The van der Waals surface area contributed by atoms with E-state index in [0.29, 0.717) is 10.8 Å². The zero-order valence-electron chi connectivity index (χ0n) is 12.5. The largest absolute Gasteiger partial charge is 0.506 e. The minimum absolute atomic E-state index is 0.0633. The van der Waals surface area contributed by atoms with Crippen molar-refractivity contribution in [3.8, 4) is 11.5 Å². The van der Waals surface area contributed by atoms with E-state index in [2.05, 4.69) is 26.5 Å². The van der Waals surface area contributed by atoms with Gasteiger partial charge in [-0.05, 0) is 28.1 Å². The lowest BCUT2D eigenvalue weighted by atomic mass is 10.2. The molecule has 0 atom stereocenters. The van der Waals surface area contributed by atoms with Gasteiger partial charge >= 0.3 is 0 Å². The molecule has 1 amide bonds. The van der Waals surface area contributed by atoms with Crippen LogP contribution in [-0.2, 0) is 4.79 Å². The number of nitrogens with one attached hydrogen (secondary N) is 1. The normalized spacial score (nSPS) is 10.6. The summed E-state index contributed by atoms with van der Waals surface area (Å²) in [5.41, 5.74) is 2.01. The molecular formula is C15H11BrClN3O5. The maximum absolute atomic E-state index is 11.7. The zero-order chi connectivity index (χ0) is 18.4. The summed E-state index contributed by atoms with van der Waals surface area (Å²) in [5.74, 6) is -0.459. The second-order valence-electron chi connectivity index (χ2n) is 4.63. The maximum atomic E-state index is 11.7. The molecule has 0 unspecified atom stereocenters. The van der Waals surface area contributed by atoms with Crippen LogP contribution >= 0.6 is 27.5 Å². The molecule has 2 aromatic rings. The van der Waals surface area contributed by atoms with E-state index in [-0.39, 0.29) is 28.1 Å². The van der Waals surface area contributed by atoms with Gasteiger partial charge in [0.05, 0.1) is 20.6 Å². The molecule has 0 radical (unpaired) electrons. The number of nitrogens with zero attached hydrogens (tertiary/aromatic N) is 2. The monoisotopic (exact) mass is 427 g/mol. The molecular weight excluding hydrogens is 418 g/mol. The third kappa shape index (κ3) is 5.16. The quantitative estimate of drug-likeness (QED) is 0.416. The lowest BCUT2D eigenvalue weighted by Crippen LogP contribution is -2.24. The van der Waals surface area contributed by atoms with E-state index in [0.717, 1.165) is 18.3 Å². The van der Waals surface area contributed by atoms with E-state index in [4.69, 9.17) is 16.3 Å². The van der Waals surface area contributed by atoms with Crippen LogP contribution in [0.4, 0.5) is 5.69 Å². The lowest BCUT2D eigenvalue weighted by Gasteiger charge is -2.06. The third-order valence-corrected chi connectivity index (χ3v) is 3.79. The average molecular weight is 429 g/mol. The van der Waals surface area contributed by atoms with Crippen molar-refractivity contribution in [1.29, 1.82) is 0 Å². The van der Waals surface area contributed by atoms with Crippen molar-refractivity contribution >= 4 is 45.3 Å². The molecule has 0 bridgehead atoms. The number of ether oxygens (including phenoxy) is 1. The summed E-state index contributed by atoms with van der Waals surface area (Å²) in [6.07, 6.45) is 1.08. The van der Waals surface area contributed by atoms with Crippen LogP contribution in [0.15, 0.2) is 46.0 Å². The molecule has 2 rings (SSSR count). The molecule has 2 aromatic carbocycles. The van der Waals surface area contributed by atoms with Gasteiger partial charge in [-0.1, -0.05) is 23.7 Å². The van der Waals surface area contributed by atoms with E-state index in [1.165, 1.54) is 0 Å². The number of phenols is 1. The average Bonchev–Trinajstić information content (AvgIpc) is 2.57. The second kappa shape index (κ2) is 8.45. The molecule has 0 aliphatic carbocycles. The van der Waals surface area contributed by atoms with Crippen molar-refractivity contribution in [2.75, 3.05) is 6.61 Å². The molecule has 0 saturated heterocycles. The molecule has 0 aromatic heterocycles. The molecule has 0 aliphatic rings. The Morgan fingerprint density at radius 3 is 2.84 bits per heavy atom. The van der Waals surface area contributed by atoms with Gasteiger partial charge in [0.2, 0.25) is 0 Å². The summed E-state index contributed by atoms with van der Waals surface area (Å²) in [7, 11) is 0. The fraction of sp³-hybridized carbons (Fsp3) is 0.0667. The Hall–Kier alpha value is -2.65. The van der Waals surface area contributed by atoms with Gasteiger partial charge in [-0.2, -0.15) is 5.10 Å². The summed E-state index contributed by atoms with van der Waals surface area (Å²) in [6.45, 7) is -0.328. The van der Waals surface area contributed by atoms with Gasteiger partial charge in [0, 0.05) is 17.7 Å². The number of phenolic OH excluding ortho intramolecular Hbond substituents is 1. The number of amides is 1. The van der Waals surface area contributed by atoms with Crippen molar-refractivity contribution in [2.45, 2.75) is 0 Å². The third-order valence-electron chi connectivity index (χ3n) is 2.88. The molecule has 0 saturated carbocycles. The molecule has 0 spiro atoms. The standard InChI is InChI=1S/C15H11BrClN3O5/c16-11-6-10(20(23)24)5-9(15(11)22)7-18-19-14(21)8-25-13-4-2-1-3-12(13)17/h1-7,22H,8H2,(H,19,21)/b18-7-. The lowest BCUT2D eigenvalue weighted by molar-refractivity contribution is -0.385. The van der Waals surface area contributed by atoms with Crippen molar-refractivity contribution < 1.29 is 19.6 Å². The van der Waals surface area contributed by atoms with Gasteiger partial charge in [0.25, 0.3) is 11.6 Å². The summed E-state index contributed by atoms with van der Waals surface area (Å²) in [5, 5.41) is 24.7. The molecule has 0 aliphatic heterocycles. The number of carbonyl (C=O) groups excluding carboxylic acids is 1. The predicted molar refractivity (Wildman–Crippen MR) is 95.1 cm³/mol. The van der Waals surface area contributed by atoms with Gasteiger partial charge in [-0.15, -0.1) is 0 Å². The first kappa shape index (κ1) is 18.7. The zero-order valence-corrected chi connectivity index (χ0v) is 14.8. The highest BCUT2D eigenvalue weighted by molar-refractivity contribution is 9.10. The fourth-order valence-electron chi connectivity index (χ4n) is 1.72. The minimum Gasteiger partial charge on any atom is -0.506 e. The van der Waals surface area contributed by atoms with Gasteiger partial charge in [-0.25, -0.2) is 5.43 Å². The second-order valence-corrected chi connectivity index (χ2v) is 5.90. The Kier molecular flexibility index (Phi) is 6.31. The van der Waals surface area contributed by atoms with E-state index in [1.807, 2.05) is 0 Å². The Balaban J connectivity index is 1.97. The topological polar surface area (TPSA) is 114 Å². The number of halogens is 2. The molecule has 2 N–H and O–H groups in total. The highest BCUT2D eigenvalue weighted by Crippen LogP contribution is 2.31. The first-order chi connectivity index (χ1) is 11.9. The number of carbonyl (C=O) groups is 1. The van der Waals surface area contributed by atoms with Crippen LogP contribution in [0.3, 0.4) is 0 Å². The number of non-ortho nitro benzene ring substituents is 1. The van der Waals surface area contributed by atoms with Crippen LogP contribution in [0.1, 0.15) is 5.56 Å². The number of rotatable bonds is 6. The number of hydrogen-bond donors (Lipinski definition) is 2. The molecule has 0 fully saturated rings. The maximum Gasteiger partial charge on any atom is 0.277 e. The molecule has 130 valence electrons. The Labute approximate surface area is 155 Å². The summed E-state index contributed by atoms with van der Waals surface area (Å²) in [6, 6.07) is 8.94. The first-order valence-corrected chi connectivity index (χ1v) is 7.91. The van der Waals surface area contributed by atoms with E-state index in [1.54, 1.807) is 24.3 Å². The van der Waals surface area contributed by atoms with Crippen LogP contribution in [0.5, 0.6) is 11.5 Å². The number of para-hydroxylation sites is 1. The number of aromatic hydroxyl groups is 1. The molecule has 0 heterocycles. The van der Waals surface area contributed by atoms with Gasteiger partial charge < -0.3 is 9.84 Å². The van der Waals surface area contributed by atoms with Crippen LogP contribution < -0.4 is 10.2 Å². The van der Waals surface area contributed by atoms with Crippen LogP contribution in [0, 0.1) is 10.1 Å². The van der Waals surface area contributed by atoms with E-state index < -0.39 is 10.8 Å². The molecule has 25 heavy (non-hydrogen) atoms.